The molecule has 1 N–H and O–H groups in total. The monoisotopic (exact) mass is 227 g/mol. The molecule has 0 aliphatic heterocycles. The zero-order chi connectivity index (χ0) is 11.9. The molecule has 2 rings (SSSR count). The van der Waals surface area contributed by atoms with Crippen molar-refractivity contribution in [2.75, 3.05) is 5.43 Å². The maximum Gasteiger partial charge on any atom is 0.119 e. The van der Waals surface area contributed by atoms with Gasteiger partial charge in [-0.3, -0.25) is 10.4 Å². The van der Waals surface area contributed by atoms with Crippen molar-refractivity contribution in [3.63, 3.8) is 0 Å². The first-order chi connectivity index (χ1) is 8.38. The molecular formula is C13H13N3O. The van der Waals surface area contributed by atoms with Crippen molar-refractivity contribution >= 4 is 12.4 Å². The number of benzene rings is 1. The summed E-state index contributed by atoms with van der Waals surface area (Å²) in [7, 11) is 0. The zero-order valence-electron chi connectivity index (χ0n) is 9.34. The Hall–Kier alpha value is -2.36. The van der Waals surface area contributed by atoms with Gasteiger partial charge in [0, 0.05) is 19.1 Å². The summed E-state index contributed by atoms with van der Waals surface area (Å²) in [5.41, 5.74) is 4.74. The molecule has 0 aliphatic rings. The first-order valence-corrected chi connectivity index (χ1v) is 5.22. The lowest BCUT2D eigenvalue weighted by Gasteiger charge is -2.06. The molecule has 0 spiro atoms. The Morgan fingerprint density at radius 3 is 2.47 bits per heavy atom. The zero-order valence-corrected chi connectivity index (χ0v) is 9.34. The number of hydrogen-bond donors (Lipinski definition) is 1. The predicted octanol–water partition coefficient (Wildman–Crippen LogP) is 2.69. The summed E-state index contributed by atoms with van der Waals surface area (Å²) >= 11 is 0. The van der Waals surface area contributed by atoms with E-state index in [1.807, 2.05) is 36.4 Å². The van der Waals surface area contributed by atoms with Crippen molar-refractivity contribution in [2.45, 2.75) is 6.61 Å². The van der Waals surface area contributed by atoms with Crippen molar-refractivity contribution in [1.82, 2.24) is 4.98 Å². The number of anilines is 1. The molecule has 0 radical (unpaired) electrons. The van der Waals surface area contributed by atoms with Gasteiger partial charge in [-0.05, 0) is 42.0 Å². The van der Waals surface area contributed by atoms with E-state index >= 15 is 0 Å². The van der Waals surface area contributed by atoms with E-state index < -0.39 is 0 Å². The highest BCUT2D eigenvalue weighted by Gasteiger charge is 1.96. The molecule has 0 unspecified atom stereocenters. The number of nitrogens with one attached hydrogen (secondary N) is 1. The maximum absolute atomic E-state index is 5.62. The second-order valence-electron chi connectivity index (χ2n) is 3.44. The number of hydrazone groups is 1. The van der Waals surface area contributed by atoms with Gasteiger partial charge in [0.2, 0.25) is 0 Å². The average molecular weight is 227 g/mol. The molecule has 1 heterocycles. The van der Waals surface area contributed by atoms with Crippen molar-refractivity contribution in [3.8, 4) is 5.75 Å². The fraction of sp³-hybridized carbons (Fsp3) is 0.0769. The minimum atomic E-state index is 0.537. The van der Waals surface area contributed by atoms with Crippen LogP contribution in [0.5, 0.6) is 5.75 Å². The van der Waals surface area contributed by atoms with Crippen LogP contribution in [0.25, 0.3) is 0 Å². The summed E-state index contributed by atoms with van der Waals surface area (Å²) in [6.07, 6.45) is 3.50. The van der Waals surface area contributed by atoms with Crippen molar-refractivity contribution in [3.05, 3.63) is 54.4 Å². The molecule has 2 aromatic rings. The second-order valence-corrected chi connectivity index (χ2v) is 3.44. The maximum atomic E-state index is 5.62. The van der Waals surface area contributed by atoms with E-state index in [2.05, 4.69) is 22.2 Å². The largest absolute Gasteiger partial charge is 0.489 e. The van der Waals surface area contributed by atoms with E-state index in [-0.39, 0.29) is 0 Å². The van der Waals surface area contributed by atoms with Crippen LogP contribution < -0.4 is 10.2 Å². The normalized spacial score (nSPS) is 9.65. The van der Waals surface area contributed by atoms with Crippen LogP contribution in [-0.2, 0) is 6.61 Å². The lowest BCUT2D eigenvalue weighted by molar-refractivity contribution is 0.306. The molecule has 1 aromatic carbocycles. The Morgan fingerprint density at radius 1 is 1.12 bits per heavy atom. The molecule has 0 atom stereocenters. The van der Waals surface area contributed by atoms with E-state index in [4.69, 9.17) is 4.74 Å². The summed E-state index contributed by atoms with van der Waals surface area (Å²) in [6.45, 7) is 3.89. The molecule has 0 saturated carbocycles. The molecule has 0 fully saturated rings. The quantitative estimate of drug-likeness (QED) is 0.631. The van der Waals surface area contributed by atoms with E-state index in [9.17, 15) is 0 Å². The SMILES string of the molecule is C=NNc1ccc(OCc2ccncc2)cc1. The number of ether oxygens (including phenoxy) is 1. The standard InChI is InChI=1S/C13H13N3O/c1-14-16-12-2-4-13(5-3-12)17-10-11-6-8-15-9-7-11/h2-9,16H,1,10H2. The Kier molecular flexibility index (Phi) is 3.70. The van der Waals surface area contributed by atoms with Crippen LogP contribution in [0.2, 0.25) is 0 Å². The minimum absolute atomic E-state index is 0.537. The molecule has 0 amide bonds. The average Bonchev–Trinajstić information content (AvgIpc) is 2.40. The second kappa shape index (κ2) is 5.65. The van der Waals surface area contributed by atoms with Crippen LogP contribution in [-0.4, -0.2) is 11.7 Å². The van der Waals surface area contributed by atoms with Gasteiger partial charge >= 0.3 is 0 Å². The molecule has 1 aromatic heterocycles. The third-order valence-electron chi connectivity index (χ3n) is 2.22. The fourth-order valence-electron chi connectivity index (χ4n) is 1.36. The van der Waals surface area contributed by atoms with Gasteiger partial charge in [0.05, 0.1) is 5.69 Å². The van der Waals surface area contributed by atoms with Crippen LogP contribution in [0.3, 0.4) is 0 Å². The summed E-state index contributed by atoms with van der Waals surface area (Å²) in [5.74, 6) is 0.816. The van der Waals surface area contributed by atoms with Gasteiger partial charge in [0.15, 0.2) is 0 Å². The Bertz CT molecular complexity index is 468. The number of aromatic nitrogens is 1. The third-order valence-corrected chi connectivity index (χ3v) is 2.22. The van der Waals surface area contributed by atoms with Crippen LogP contribution in [0.4, 0.5) is 5.69 Å². The summed E-state index contributed by atoms with van der Waals surface area (Å²) in [6, 6.07) is 11.4. The minimum Gasteiger partial charge on any atom is -0.489 e. The third kappa shape index (κ3) is 3.31. The van der Waals surface area contributed by atoms with Gasteiger partial charge in [-0.25, -0.2) is 0 Å². The molecule has 4 heteroatoms. The molecule has 4 nitrogen and oxygen atoms in total. The highest BCUT2D eigenvalue weighted by Crippen LogP contribution is 2.16. The van der Waals surface area contributed by atoms with E-state index in [0.29, 0.717) is 6.61 Å². The van der Waals surface area contributed by atoms with Gasteiger partial charge in [-0.15, -0.1) is 0 Å². The molecule has 17 heavy (non-hydrogen) atoms. The van der Waals surface area contributed by atoms with Crippen LogP contribution in [0.15, 0.2) is 53.9 Å². The number of rotatable bonds is 5. The van der Waals surface area contributed by atoms with Gasteiger partial charge < -0.3 is 4.74 Å². The van der Waals surface area contributed by atoms with Crippen LogP contribution in [0, 0.1) is 0 Å². The first-order valence-electron chi connectivity index (χ1n) is 5.22. The van der Waals surface area contributed by atoms with Crippen LogP contribution in [0.1, 0.15) is 5.56 Å². The van der Waals surface area contributed by atoms with E-state index in [1.54, 1.807) is 12.4 Å². The summed E-state index contributed by atoms with van der Waals surface area (Å²) in [4.78, 5) is 3.95. The molecular weight excluding hydrogens is 214 g/mol. The Labute approximate surface area is 100.0 Å². The van der Waals surface area contributed by atoms with E-state index in [0.717, 1.165) is 17.0 Å². The predicted molar refractivity (Wildman–Crippen MR) is 68.2 cm³/mol. The van der Waals surface area contributed by atoms with Gasteiger partial charge in [0.1, 0.15) is 12.4 Å². The number of pyridine rings is 1. The summed E-state index contributed by atoms with van der Waals surface area (Å²) < 4.78 is 5.62. The lowest BCUT2D eigenvalue weighted by atomic mass is 10.3. The first kappa shape index (κ1) is 11.1. The van der Waals surface area contributed by atoms with Crippen molar-refractivity contribution in [1.29, 1.82) is 0 Å². The van der Waals surface area contributed by atoms with Gasteiger partial charge in [-0.2, -0.15) is 5.10 Å². The summed E-state index contributed by atoms with van der Waals surface area (Å²) in [5, 5.41) is 3.58. The van der Waals surface area contributed by atoms with Gasteiger partial charge in [0.25, 0.3) is 0 Å². The number of nitrogens with zero attached hydrogens (tertiary/aromatic N) is 2. The van der Waals surface area contributed by atoms with Crippen molar-refractivity contribution < 1.29 is 4.74 Å². The van der Waals surface area contributed by atoms with Gasteiger partial charge in [-0.1, -0.05) is 0 Å². The Balaban J connectivity index is 1.93. The molecule has 0 aliphatic carbocycles. The Morgan fingerprint density at radius 2 is 1.82 bits per heavy atom. The lowest BCUT2D eigenvalue weighted by Crippen LogP contribution is -1.95. The topological polar surface area (TPSA) is 46.5 Å². The highest BCUT2D eigenvalue weighted by molar-refractivity contribution is 5.47. The highest BCUT2D eigenvalue weighted by atomic mass is 16.5. The molecule has 86 valence electrons. The molecule has 0 bridgehead atoms. The number of hydrogen-bond acceptors (Lipinski definition) is 4. The fourth-order valence-corrected chi connectivity index (χ4v) is 1.36. The smallest absolute Gasteiger partial charge is 0.119 e. The van der Waals surface area contributed by atoms with Crippen LogP contribution >= 0.6 is 0 Å². The van der Waals surface area contributed by atoms with Crippen molar-refractivity contribution in [2.24, 2.45) is 5.10 Å². The molecule has 0 saturated heterocycles. The van der Waals surface area contributed by atoms with E-state index in [1.165, 1.54) is 0 Å².